The lowest BCUT2D eigenvalue weighted by molar-refractivity contribution is -0.137. The largest absolute Gasteiger partial charge is 0.416 e. The lowest BCUT2D eigenvalue weighted by Crippen LogP contribution is -2.23. The van der Waals surface area contributed by atoms with Gasteiger partial charge >= 0.3 is 6.18 Å². The Balaban J connectivity index is 1.36. The van der Waals surface area contributed by atoms with Crippen LogP contribution >= 0.6 is 0 Å². The maximum Gasteiger partial charge on any atom is 0.416 e. The number of carbonyl (C=O) groups excluding carboxylic acids is 1. The number of aromatic amines is 1. The van der Waals surface area contributed by atoms with Crippen LogP contribution in [0.3, 0.4) is 0 Å². The summed E-state index contributed by atoms with van der Waals surface area (Å²) in [7, 11) is 0. The fourth-order valence-corrected chi connectivity index (χ4v) is 3.37. The highest BCUT2D eigenvalue weighted by molar-refractivity contribution is 5.76. The van der Waals surface area contributed by atoms with Crippen molar-refractivity contribution in [3.05, 3.63) is 100 Å². The van der Waals surface area contributed by atoms with Gasteiger partial charge in [-0.15, -0.1) is 0 Å². The van der Waals surface area contributed by atoms with Crippen molar-refractivity contribution in [1.82, 2.24) is 25.1 Å². The van der Waals surface area contributed by atoms with Crippen LogP contribution in [-0.2, 0) is 23.9 Å². The topological polar surface area (TPSA) is 92.7 Å². The number of nitrogens with zero attached hydrogens (tertiary/aromatic N) is 3. The van der Waals surface area contributed by atoms with Gasteiger partial charge in [-0.1, -0.05) is 18.2 Å². The second-order valence-corrected chi connectivity index (χ2v) is 7.56. The van der Waals surface area contributed by atoms with Gasteiger partial charge in [0, 0.05) is 43.3 Å². The molecule has 0 aliphatic carbocycles. The molecule has 0 aliphatic rings. The SMILES string of the molecule is O=C(CCc1ccc(C(F)(F)F)cc1)NCc1ccnc(-n2[nH]cc(-c3cccnc3)c2=O)c1. The molecular weight excluding hydrogens is 447 g/mol. The Bertz CT molecular complexity index is 1330. The van der Waals surface area contributed by atoms with E-state index >= 15 is 0 Å². The molecule has 3 aromatic heterocycles. The second kappa shape index (κ2) is 9.74. The minimum absolute atomic E-state index is 0.133. The molecule has 7 nitrogen and oxygen atoms in total. The molecule has 0 unspecified atom stereocenters. The first-order valence-corrected chi connectivity index (χ1v) is 10.4. The molecule has 4 rings (SSSR count). The fraction of sp³-hybridized carbons (Fsp3) is 0.167. The predicted octanol–water partition coefficient (Wildman–Crippen LogP) is 3.89. The van der Waals surface area contributed by atoms with Crippen molar-refractivity contribution in [1.29, 1.82) is 0 Å². The quantitative estimate of drug-likeness (QED) is 0.431. The molecule has 0 saturated carbocycles. The molecule has 0 aliphatic heterocycles. The molecule has 34 heavy (non-hydrogen) atoms. The van der Waals surface area contributed by atoms with E-state index in [9.17, 15) is 22.8 Å². The summed E-state index contributed by atoms with van der Waals surface area (Å²) < 4.78 is 39.2. The van der Waals surface area contributed by atoms with Gasteiger partial charge in [-0.3, -0.25) is 19.7 Å². The number of aryl methyl sites for hydroxylation is 1. The van der Waals surface area contributed by atoms with Crippen LogP contribution in [-0.4, -0.2) is 25.7 Å². The van der Waals surface area contributed by atoms with E-state index in [-0.39, 0.29) is 24.4 Å². The van der Waals surface area contributed by atoms with Crippen molar-refractivity contribution in [3.63, 3.8) is 0 Å². The molecule has 0 spiro atoms. The van der Waals surface area contributed by atoms with Crippen molar-refractivity contribution in [3.8, 4) is 16.9 Å². The third kappa shape index (κ3) is 5.40. The van der Waals surface area contributed by atoms with E-state index in [0.29, 0.717) is 28.9 Å². The standard InChI is InChI=1S/C24H20F3N5O2/c25-24(26,27)19-6-3-16(4-7-19)5-8-22(33)30-13-17-9-11-29-21(12-17)32-23(34)20(15-31-32)18-2-1-10-28-14-18/h1-4,6-7,9-12,14-15,31H,5,8,13H2,(H,30,33). The van der Waals surface area contributed by atoms with Gasteiger partial charge in [0.15, 0.2) is 5.82 Å². The number of pyridine rings is 2. The smallest absolute Gasteiger partial charge is 0.352 e. The normalized spacial score (nSPS) is 11.4. The number of halogens is 3. The minimum Gasteiger partial charge on any atom is -0.352 e. The number of H-pyrrole nitrogens is 1. The maximum atomic E-state index is 12.8. The zero-order valence-corrected chi connectivity index (χ0v) is 17.8. The Hall–Kier alpha value is -4.21. The number of nitrogens with one attached hydrogen (secondary N) is 2. The van der Waals surface area contributed by atoms with Gasteiger partial charge in [0.25, 0.3) is 5.56 Å². The molecule has 0 bridgehead atoms. The van der Waals surface area contributed by atoms with E-state index in [1.165, 1.54) is 23.0 Å². The summed E-state index contributed by atoms with van der Waals surface area (Å²) in [6.45, 7) is 0.215. The van der Waals surface area contributed by atoms with Crippen molar-refractivity contribution < 1.29 is 18.0 Å². The van der Waals surface area contributed by atoms with Gasteiger partial charge in [-0.05, 0) is 47.9 Å². The molecular formula is C24H20F3N5O2. The number of hydrogen-bond acceptors (Lipinski definition) is 4. The molecule has 0 saturated heterocycles. The predicted molar refractivity (Wildman–Crippen MR) is 119 cm³/mol. The van der Waals surface area contributed by atoms with Crippen LogP contribution < -0.4 is 10.9 Å². The van der Waals surface area contributed by atoms with Gasteiger partial charge in [-0.25, -0.2) is 9.67 Å². The Labute approximate surface area is 192 Å². The number of amides is 1. The van der Waals surface area contributed by atoms with Gasteiger partial charge < -0.3 is 5.32 Å². The summed E-state index contributed by atoms with van der Waals surface area (Å²) in [4.78, 5) is 33.2. The third-order valence-corrected chi connectivity index (χ3v) is 5.19. The van der Waals surface area contributed by atoms with E-state index in [2.05, 4.69) is 20.4 Å². The zero-order valence-electron chi connectivity index (χ0n) is 17.8. The molecule has 174 valence electrons. The lowest BCUT2D eigenvalue weighted by Gasteiger charge is -2.09. The average Bonchev–Trinajstić information content (AvgIpc) is 3.23. The second-order valence-electron chi connectivity index (χ2n) is 7.56. The lowest BCUT2D eigenvalue weighted by atomic mass is 10.1. The average molecular weight is 467 g/mol. The van der Waals surface area contributed by atoms with Gasteiger partial charge in [0.2, 0.25) is 5.91 Å². The molecule has 4 aromatic rings. The van der Waals surface area contributed by atoms with Crippen molar-refractivity contribution in [2.75, 3.05) is 0 Å². The van der Waals surface area contributed by atoms with Crippen LogP contribution in [0.2, 0.25) is 0 Å². The Kier molecular flexibility index (Phi) is 6.58. The Morgan fingerprint density at radius 3 is 2.56 bits per heavy atom. The zero-order chi connectivity index (χ0) is 24.1. The maximum absolute atomic E-state index is 12.8. The molecule has 1 aromatic carbocycles. The highest BCUT2D eigenvalue weighted by atomic mass is 19.4. The van der Waals surface area contributed by atoms with Gasteiger partial charge in [0.1, 0.15) is 0 Å². The summed E-state index contributed by atoms with van der Waals surface area (Å²) in [6, 6.07) is 11.7. The fourth-order valence-electron chi connectivity index (χ4n) is 3.37. The van der Waals surface area contributed by atoms with Gasteiger partial charge in [0.05, 0.1) is 11.1 Å². The molecule has 0 radical (unpaired) electrons. The summed E-state index contributed by atoms with van der Waals surface area (Å²) in [5.41, 5.74) is 1.51. The molecule has 1 amide bonds. The monoisotopic (exact) mass is 467 g/mol. The molecule has 2 N–H and O–H groups in total. The van der Waals surface area contributed by atoms with Gasteiger partial charge in [-0.2, -0.15) is 13.2 Å². The van der Waals surface area contributed by atoms with Crippen LogP contribution in [0.4, 0.5) is 13.2 Å². The summed E-state index contributed by atoms with van der Waals surface area (Å²) in [6.07, 6.45) is 2.41. The molecule has 0 atom stereocenters. The number of alkyl halides is 3. The summed E-state index contributed by atoms with van der Waals surface area (Å²) >= 11 is 0. The highest BCUT2D eigenvalue weighted by Gasteiger charge is 2.29. The Morgan fingerprint density at radius 2 is 1.85 bits per heavy atom. The van der Waals surface area contributed by atoms with E-state index in [1.807, 2.05) is 0 Å². The first-order valence-electron chi connectivity index (χ1n) is 10.4. The van der Waals surface area contributed by atoms with Crippen LogP contribution in [0.1, 0.15) is 23.1 Å². The number of benzene rings is 1. The highest BCUT2D eigenvalue weighted by Crippen LogP contribution is 2.29. The van der Waals surface area contributed by atoms with Crippen LogP contribution in [0.5, 0.6) is 0 Å². The summed E-state index contributed by atoms with van der Waals surface area (Å²) in [5.74, 6) is 0.130. The molecule has 0 fully saturated rings. The van der Waals surface area contributed by atoms with Crippen molar-refractivity contribution in [2.24, 2.45) is 0 Å². The third-order valence-electron chi connectivity index (χ3n) is 5.19. The number of hydrogen-bond donors (Lipinski definition) is 2. The van der Waals surface area contributed by atoms with E-state index in [1.54, 1.807) is 42.9 Å². The minimum atomic E-state index is -4.38. The molecule has 3 heterocycles. The van der Waals surface area contributed by atoms with E-state index in [0.717, 1.165) is 17.7 Å². The van der Waals surface area contributed by atoms with Crippen LogP contribution in [0, 0.1) is 0 Å². The number of rotatable bonds is 7. The molecule has 10 heteroatoms. The van der Waals surface area contributed by atoms with Crippen LogP contribution in [0.15, 0.2) is 78.1 Å². The number of carbonyl (C=O) groups is 1. The first kappa shape index (κ1) is 23.0. The first-order chi connectivity index (χ1) is 16.3. The summed E-state index contributed by atoms with van der Waals surface area (Å²) in [5, 5.41) is 5.67. The van der Waals surface area contributed by atoms with E-state index in [4.69, 9.17) is 0 Å². The van der Waals surface area contributed by atoms with E-state index < -0.39 is 11.7 Å². The van der Waals surface area contributed by atoms with Crippen LogP contribution in [0.25, 0.3) is 16.9 Å². The van der Waals surface area contributed by atoms with Crippen molar-refractivity contribution >= 4 is 5.91 Å². The number of aromatic nitrogens is 4. The van der Waals surface area contributed by atoms with Crippen molar-refractivity contribution in [2.45, 2.75) is 25.6 Å². The Morgan fingerprint density at radius 1 is 1.06 bits per heavy atom.